The number of aryl methyl sites for hydroxylation is 1. The lowest BCUT2D eigenvalue weighted by molar-refractivity contribution is 0.104. The molecule has 2 aromatic rings. The predicted molar refractivity (Wildman–Crippen MR) is 89.4 cm³/mol. The second-order valence-corrected chi connectivity index (χ2v) is 5.49. The van der Waals surface area contributed by atoms with E-state index in [0.717, 1.165) is 25.3 Å². The van der Waals surface area contributed by atoms with Crippen LogP contribution in [-0.2, 0) is 6.42 Å². The Labute approximate surface area is 135 Å². The molecule has 2 aromatic carbocycles. The number of carbonyl (C=O) groups excluding carboxylic acids is 1. The molecular formula is C20H20F2O. The summed E-state index contributed by atoms with van der Waals surface area (Å²) in [4.78, 5) is 12.0. The van der Waals surface area contributed by atoms with E-state index in [1.165, 1.54) is 18.2 Å². The number of benzene rings is 2. The fourth-order valence-electron chi connectivity index (χ4n) is 2.35. The van der Waals surface area contributed by atoms with Crippen molar-refractivity contribution in [3.63, 3.8) is 0 Å². The molecule has 0 saturated carbocycles. The molecule has 0 aliphatic carbocycles. The molecule has 0 fully saturated rings. The van der Waals surface area contributed by atoms with E-state index >= 15 is 0 Å². The lowest BCUT2D eigenvalue weighted by Gasteiger charge is -2.05. The van der Waals surface area contributed by atoms with Gasteiger partial charge in [-0.25, -0.2) is 8.78 Å². The van der Waals surface area contributed by atoms with Crippen LogP contribution >= 0.6 is 0 Å². The number of ketones is 1. The SMILES string of the molecule is CCCCCc1cc(F)c(C=CC(=O)c2ccccc2)cc1F. The Kier molecular flexibility index (Phi) is 6.21. The Morgan fingerprint density at radius 2 is 1.78 bits per heavy atom. The summed E-state index contributed by atoms with van der Waals surface area (Å²) in [6, 6.07) is 11.1. The summed E-state index contributed by atoms with van der Waals surface area (Å²) in [5, 5.41) is 0. The molecule has 0 bridgehead atoms. The summed E-state index contributed by atoms with van der Waals surface area (Å²) >= 11 is 0. The first-order valence-corrected chi connectivity index (χ1v) is 7.87. The van der Waals surface area contributed by atoms with Crippen molar-refractivity contribution in [3.8, 4) is 0 Å². The smallest absolute Gasteiger partial charge is 0.185 e. The second kappa shape index (κ2) is 8.37. The molecular weight excluding hydrogens is 294 g/mol. The maximum absolute atomic E-state index is 14.1. The minimum atomic E-state index is -0.505. The van der Waals surface area contributed by atoms with Gasteiger partial charge in [0.2, 0.25) is 0 Å². The lowest BCUT2D eigenvalue weighted by atomic mass is 10.0. The van der Waals surface area contributed by atoms with Crippen LogP contribution < -0.4 is 0 Å². The molecule has 2 rings (SSSR count). The number of halogens is 2. The van der Waals surface area contributed by atoms with Gasteiger partial charge in [0.25, 0.3) is 0 Å². The van der Waals surface area contributed by atoms with Gasteiger partial charge < -0.3 is 0 Å². The molecule has 0 aliphatic heterocycles. The highest BCUT2D eigenvalue weighted by atomic mass is 19.1. The van der Waals surface area contributed by atoms with E-state index in [0.29, 0.717) is 17.5 Å². The zero-order valence-corrected chi connectivity index (χ0v) is 13.2. The normalized spacial score (nSPS) is 11.1. The molecule has 0 N–H and O–H groups in total. The average molecular weight is 314 g/mol. The van der Waals surface area contributed by atoms with E-state index in [1.807, 2.05) is 6.07 Å². The third-order valence-electron chi connectivity index (χ3n) is 3.69. The molecule has 0 unspecified atom stereocenters. The van der Waals surface area contributed by atoms with Crippen molar-refractivity contribution in [1.82, 2.24) is 0 Å². The van der Waals surface area contributed by atoms with Crippen molar-refractivity contribution < 1.29 is 13.6 Å². The molecule has 0 aliphatic rings. The van der Waals surface area contributed by atoms with Crippen LogP contribution in [0.4, 0.5) is 8.78 Å². The Morgan fingerprint density at radius 3 is 2.48 bits per heavy atom. The van der Waals surface area contributed by atoms with Crippen LogP contribution in [0.2, 0.25) is 0 Å². The Hall–Kier alpha value is -2.29. The van der Waals surface area contributed by atoms with Crippen LogP contribution in [0, 0.1) is 11.6 Å². The summed E-state index contributed by atoms with van der Waals surface area (Å²) in [6.45, 7) is 2.06. The lowest BCUT2D eigenvalue weighted by Crippen LogP contribution is -1.97. The number of hydrogen-bond donors (Lipinski definition) is 0. The minimum absolute atomic E-state index is 0.0889. The van der Waals surface area contributed by atoms with Crippen LogP contribution in [-0.4, -0.2) is 5.78 Å². The van der Waals surface area contributed by atoms with Crippen molar-refractivity contribution in [2.45, 2.75) is 32.6 Å². The molecule has 3 heteroatoms. The number of carbonyl (C=O) groups is 1. The van der Waals surface area contributed by atoms with E-state index in [2.05, 4.69) is 6.92 Å². The van der Waals surface area contributed by atoms with Gasteiger partial charge in [0.1, 0.15) is 11.6 Å². The molecule has 120 valence electrons. The molecule has 1 nitrogen and oxygen atoms in total. The molecule has 0 saturated heterocycles. The first kappa shape index (κ1) is 17.1. The van der Waals surface area contributed by atoms with Gasteiger partial charge in [-0.2, -0.15) is 0 Å². The standard InChI is InChI=1S/C20H20F2O/c1-2-3-5-10-16-13-19(22)17(14-18(16)21)11-12-20(23)15-8-6-4-7-9-15/h4,6-9,11-14H,2-3,5,10H2,1H3. The second-order valence-electron chi connectivity index (χ2n) is 5.49. The summed E-state index contributed by atoms with van der Waals surface area (Å²) in [5.74, 6) is -1.17. The minimum Gasteiger partial charge on any atom is -0.289 e. The van der Waals surface area contributed by atoms with Gasteiger partial charge in [-0.1, -0.05) is 50.1 Å². The first-order chi connectivity index (χ1) is 11.1. The molecule has 0 amide bonds. The number of rotatable bonds is 7. The summed E-state index contributed by atoms with van der Waals surface area (Å²) in [7, 11) is 0. The monoisotopic (exact) mass is 314 g/mol. The highest BCUT2D eigenvalue weighted by Gasteiger charge is 2.09. The van der Waals surface area contributed by atoms with Crippen LogP contribution in [0.1, 0.15) is 47.7 Å². The topological polar surface area (TPSA) is 17.1 Å². The fourth-order valence-corrected chi connectivity index (χ4v) is 2.35. The van der Waals surface area contributed by atoms with Gasteiger partial charge in [-0.3, -0.25) is 4.79 Å². The molecule has 0 atom stereocenters. The van der Waals surface area contributed by atoms with Gasteiger partial charge in [-0.05, 0) is 42.7 Å². The van der Waals surface area contributed by atoms with Crippen LogP contribution in [0.15, 0.2) is 48.5 Å². The zero-order chi connectivity index (χ0) is 16.7. The molecule has 0 spiro atoms. The number of hydrogen-bond acceptors (Lipinski definition) is 1. The number of allylic oxidation sites excluding steroid dienone is 1. The van der Waals surface area contributed by atoms with Crippen molar-refractivity contribution in [2.75, 3.05) is 0 Å². The quantitative estimate of drug-likeness (QED) is 0.370. The van der Waals surface area contributed by atoms with Gasteiger partial charge in [0.15, 0.2) is 5.78 Å². The van der Waals surface area contributed by atoms with Crippen LogP contribution in [0.3, 0.4) is 0 Å². The van der Waals surface area contributed by atoms with E-state index < -0.39 is 11.6 Å². The fraction of sp³-hybridized carbons (Fsp3) is 0.250. The summed E-state index contributed by atoms with van der Waals surface area (Å²) in [6.07, 6.45) is 5.99. The van der Waals surface area contributed by atoms with Crippen molar-refractivity contribution in [3.05, 3.63) is 76.9 Å². The number of unbranched alkanes of at least 4 members (excludes halogenated alkanes) is 2. The van der Waals surface area contributed by atoms with Gasteiger partial charge >= 0.3 is 0 Å². The maximum atomic E-state index is 14.1. The molecule has 0 heterocycles. The van der Waals surface area contributed by atoms with Gasteiger partial charge in [0.05, 0.1) is 0 Å². The maximum Gasteiger partial charge on any atom is 0.185 e. The van der Waals surface area contributed by atoms with E-state index in [9.17, 15) is 13.6 Å². The van der Waals surface area contributed by atoms with Crippen molar-refractivity contribution in [2.24, 2.45) is 0 Å². The first-order valence-electron chi connectivity index (χ1n) is 7.87. The van der Waals surface area contributed by atoms with Crippen LogP contribution in [0.25, 0.3) is 6.08 Å². The average Bonchev–Trinajstić information content (AvgIpc) is 2.57. The molecule has 23 heavy (non-hydrogen) atoms. The Morgan fingerprint density at radius 1 is 1.04 bits per heavy atom. The highest BCUT2D eigenvalue weighted by molar-refractivity contribution is 6.06. The van der Waals surface area contributed by atoms with E-state index in [4.69, 9.17) is 0 Å². The van der Waals surface area contributed by atoms with Crippen molar-refractivity contribution >= 4 is 11.9 Å². The molecule has 0 aromatic heterocycles. The zero-order valence-electron chi connectivity index (χ0n) is 13.2. The van der Waals surface area contributed by atoms with Crippen LogP contribution in [0.5, 0.6) is 0 Å². The predicted octanol–water partition coefficient (Wildman–Crippen LogP) is 5.59. The highest BCUT2D eigenvalue weighted by Crippen LogP contribution is 2.19. The third-order valence-corrected chi connectivity index (χ3v) is 3.69. The molecule has 0 radical (unpaired) electrons. The summed E-state index contributed by atoms with van der Waals surface area (Å²) < 4.78 is 28.1. The third kappa shape index (κ3) is 4.85. The van der Waals surface area contributed by atoms with E-state index in [-0.39, 0.29) is 11.3 Å². The Bertz CT molecular complexity index is 690. The van der Waals surface area contributed by atoms with E-state index in [1.54, 1.807) is 24.3 Å². The largest absolute Gasteiger partial charge is 0.289 e. The van der Waals surface area contributed by atoms with Crippen molar-refractivity contribution in [1.29, 1.82) is 0 Å². The summed E-state index contributed by atoms with van der Waals surface area (Å²) in [5.41, 5.74) is 0.995. The Balaban J connectivity index is 2.12. The van der Waals surface area contributed by atoms with Gasteiger partial charge in [0, 0.05) is 11.1 Å². The van der Waals surface area contributed by atoms with Gasteiger partial charge in [-0.15, -0.1) is 0 Å².